The molecule has 0 aliphatic carbocycles. The first-order chi connectivity index (χ1) is 12.2. The van der Waals surface area contributed by atoms with Crippen molar-refractivity contribution in [3.8, 4) is 0 Å². The van der Waals surface area contributed by atoms with Crippen molar-refractivity contribution in [1.82, 2.24) is 25.4 Å². The van der Waals surface area contributed by atoms with Gasteiger partial charge in [0.1, 0.15) is 11.6 Å². The van der Waals surface area contributed by atoms with Crippen LogP contribution in [0, 0.1) is 0 Å². The summed E-state index contributed by atoms with van der Waals surface area (Å²) in [5.74, 6) is 4.47. The number of aromatic nitrogens is 3. The fraction of sp³-hybridized carbons (Fsp3) is 0.833. The third-order valence-corrected chi connectivity index (χ3v) is 6.57. The van der Waals surface area contributed by atoms with Crippen molar-refractivity contribution in [3.63, 3.8) is 0 Å². The van der Waals surface area contributed by atoms with Crippen LogP contribution in [-0.4, -0.2) is 50.9 Å². The molecule has 140 valence electrons. The Kier molecular flexibility index (Phi) is 6.62. The second kappa shape index (κ2) is 8.92. The van der Waals surface area contributed by atoms with E-state index in [1.165, 1.54) is 43.7 Å². The molecule has 2 N–H and O–H groups in total. The van der Waals surface area contributed by atoms with Crippen LogP contribution < -0.4 is 10.6 Å². The fourth-order valence-corrected chi connectivity index (χ4v) is 4.80. The molecule has 25 heavy (non-hydrogen) atoms. The van der Waals surface area contributed by atoms with E-state index in [0.29, 0.717) is 4.75 Å². The third-order valence-electron chi connectivity index (χ3n) is 5.04. The average molecular weight is 365 g/mol. The van der Waals surface area contributed by atoms with Gasteiger partial charge in [-0.3, -0.25) is 4.99 Å². The topological polar surface area (TPSA) is 67.1 Å². The van der Waals surface area contributed by atoms with Gasteiger partial charge in [0, 0.05) is 37.2 Å². The summed E-state index contributed by atoms with van der Waals surface area (Å²) >= 11 is 2.06. The van der Waals surface area contributed by atoms with Gasteiger partial charge in [0.2, 0.25) is 0 Å². The van der Waals surface area contributed by atoms with Crippen LogP contribution in [0.2, 0.25) is 0 Å². The Balaban J connectivity index is 1.52. The second-order valence-electron chi connectivity index (χ2n) is 7.27. The van der Waals surface area contributed by atoms with E-state index in [1.54, 1.807) is 0 Å². The molecule has 1 saturated heterocycles. The zero-order chi connectivity index (χ0) is 17.5. The highest BCUT2D eigenvalue weighted by molar-refractivity contribution is 8.00. The Morgan fingerprint density at radius 1 is 1.24 bits per heavy atom. The number of hydrogen-bond acceptors (Lipinski definition) is 4. The van der Waals surface area contributed by atoms with E-state index >= 15 is 0 Å². The summed E-state index contributed by atoms with van der Waals surface area (Å²) in [6.45, 7) is 8.13. The molecule has 0 aromatic carbocycles. The van der Waals surface area contributed by atoms with Crippen LogP contribution >= 0.6 is 11.8 Å². The van der Waals surface area contributed by atoms with Crippen molar-refractivity contribution in [2.24, 2.45) is 4.99 Å². The van der Waals surface area contributed by atoms with Gasteiger partial charge in [-0.15, -0.1) is 10.2 Å². The van der Waals surface area contributed by atoms with Crippen molar-refractivity contribution >= 4 is 17.7 Å². The number of hydrogen-bond donors (Lipinski definition) is 2. The Hall–Kier alpha value is -1.24. The third kappa shape index (κ3) is 5.12. The van der Waals surface area contributed by atoms with Crippen LogP contribution in [0.15, 0.2) is 4.99 Å². The lowest BCUT2D eigenvalue weighted by Crippen LogP contribution is -2.39. The van der Waals surface area contributed by atoms with Gasteiger partial charge in [-0.1, -0.05) is 6.42 Å². The predicted octanol–water partition coefficient (Wildman–Crippen LogP) is 2.39. The lowest BCUT2D eigenvalue weighted by molar-refractivity contribution is 0.598. The fourth-order valence-electron chi connectivity index (χ4n) is 3.57. The van der Waals surface area contributed by atoms with E-state index in [1.807, 2.05) is 0 Å². The minimum atomic E-state index is 0.312. The first-order valence-electron chi connectivity index (χ1n) is 9.77. The van der Waals surface area contributed by atoms with Crippen molar-refractivity contribution in [2.45, 2.75) is 70.1 Å². The number of rotatable bonds is 6. The van der Waals surface area contributed by atoms with Crippen molar-refractivity contribution in [3.05, 3.63) is 11.6 Å². The van der Waals surface area contributed by atoms with Gasteiger partial charge in [-0.05, 0) is 45.3 Å². The lowest BCUT2D eigenvalue weighted by Gasteiger charge is -2.21. The molecule has 3 heterocycles. The molecule has 1 aromatic rings. The van der Waals surface area contributed by atoms with Crippen LogP contribution in [0.1, 0.15) is 57.6 Å². The highest BCUT2D eigenvalue weighted by Crippen LogP contribution is 2.37. The zero-order valence-electron chi connectivity index (χ0n) is 15.7. The smallest absolute Gasteiger partial charge is 0.191 e. The van der Waals surface area contributed by atoms with Gasteiger partial charge in [-0.2, -0.15) is 11.8 Å². The van der Waals surface area contributed by atoms with E-state index in [2.05, 4.69) is 51.0 Å². The number of nitrogens with one attached hydrogen (secondary N) is 2. The van der Waals surface area contributed by atoms with Crippen LogP contribution in [0.25, 0.3) is 0 Å². The van der Waals surface area contributed by atoms with Crippen molar-refractivity contribution in [2.75, 3.05) is 25.4 Å². The first-order valence-corrected chi connectivity index (χ1v) is 10.8. The molecule has 0 amide bonds. The number of aryl methyl sites for hydroxylation is 1. The normalized spacial score (nSPS) is 24.0. The average Bonchev–Trinajstić information content (AvgIpc) is 3.12. The molecule has 0 radical (unpaired) electrons. The lowest BCUT2D eigenvalue weighted by atomic mass is 10.1. The minimum Gasteiger partial charge on any atom is -0.357 e. The number of fused-ring (bicyclic) bond motifs is 1. The summed E-state index contributed by atoms with van der Waals surface area (Å²) in [5, 5.41) is 15.6. The maximum Gasteiger partial charge on any atom is 0.191 e. The first kappa shape index (κ1) is 18.5. The number of guanidine groups is 1. The highest BCUT2D eigenvalue weighted by atomic mass is 32.2. The quantitative estimate of drug-likeness (QED) is 0.599. The van der Waals surface area contributed by atoms with Crippen molar-refractivity contribution < 1.29 is 0 Å². The maximum absolute atomic E-state index is 4.82. The van der Waals surface area contributed by atoms with Gasteiger partial charge >= 0.3 is 0 Å². The standard InChI is InChI=1S/C18H32N6S/c1-3-19-17(21-14-18(2)10-7-13-25-18)20-11-9-16-23-22-15-8-5-4-6-12-24(15)16/h3-14H2,1-2H3,(H2,19,20,21). The summed E-state index contributed by atoms with van der Waals surface area (Å²) in [5.41, 5.74) is 0. The van der Waals surface area contributed by atoms with E-state index in [4.69, 9.17) is 4.99 Å². The molecule has 0 spiro atoms. The number of nitrogens with zero attached hydrogens (tertiary/aromatic N) is 4. The molecule has 1 atom stereocenters. The zero-order valence-corrected chi connectivity index (χ0v) is 16.5. The number of aliphatic imine (C=N–C) groups is 1. The largest absolute Gasteiger partial charge is 0.357 e. The van der Waals surface area contributed by atoms with Gasteiger partial charge in [0.05, 0.1) is 6.54 Å². The number of thioether (sulfide) groups is 1. The molecule has 6 nitrogen and oxygen atoms in total. The molecule has 2 aliphatic heterocycles. The van der Waals surface area contributed by atoms with Gasteiger partial charge in [0.15, 0.2) is 5.96 Å². The Morgan fingerprint density at radius 3 is 2.96 bits per heavy atom. The molecule has 1 unspecified atom stereocenters. The molecule has 1 aromatic heterocycles. The minimum absolute atomic E-state index is 0.312. The van der Waals surface area contributed by atoms with Crippen LogP contribution in [0.5, 0.6) is 0 Å². The van der Waals surface area contributed by atoms with Crippen molar-refractivity contribution in [1.29, 1.82) is 0 Å². The Morgan fingerprint density at radius 2 is 2.16 bits per heavy atom. The Bertz CT molecular complexity index is 576. The molecule has 3 rings (SSSR count). The van der Waals surface area contributed by atoms with Gasteiger partial charge in [-0.25, -0.2) is 0 Å². The molecule has 2 aliphatic rings. The SMILES string of the molecule is CCNC(=NCC1(C)CCCS1)NCCc1nnc2n1CCCCC2. The van der Waals surface area contributed by atoms with Crippen LogP contribution in [-0.2, 0) is 19.4 Å². The monoisotopic (exact) mass is 364 g/mol. The summed E-state index contributed by atoms with van der Waals surface area (Å²) in [7, 11) is 0. The molecular weight excluding hydrogens is 332 g/mol. The van der Waals surface area contributed by atoms with Gasteiger partial charge in [0.25, 0.3) is 0 Å². The van der Waals surface area contributed by atoms with Crippen LogP contribution in [0.3, 0.4) is 0 Å². The van der Waals surface area contributed by atoms with E-state index in [9.17, 15) is 0 Å². The summed E-state index contributed by atoms with van der Waals surface area (Å²) < 4.78 is 2.64. The van der Waals surface area contributed by atoms with E-state index < -0.39 is 0 Å². The summed E-state index contributed by atoms with van der Waals surface area (Å²) in [6.07, 6.45) is 8.33. The van der Waals surface area contributed by atoms with Crippen LogP contribution in [0.4, 0.5) is 0 Å². The molecule has 0 saturated carbocycles. The maximum atomic E-state index is 4.82. The summed E-state index contributed by atoms with van der Waals surface area (Å²) in [4.78, 5) is 4.82. The highest BCUT2D eigenvalue weighted by Gasteiger charge is 2.29. The molecule has 7 heteroatoms. The van der Waals surface area contributed by atoms with E-state index in [0.717, 1.165) is 50.8 Å². The molecular formula is C18H32N6S. The van der Waals surface area contributed by atoms with E-state index in [-0.39, 0.29) is 0 Å². The second-order valence-corrected chi connectivity index (χ2v) is 8.95. The summed E-state index contributed by atoms with van der Waals surface area (Å²) in [6, 6.07) is 0. The molecule has 0 bridgehead atoms. The molecule has 1 fully saturated rings. The Labute approximate surface area is 155 Å². The van der Waals surface area contributed by atoms with Gasteiger partial charge < -0.3 is 15.2 Å². The predicted molar refractivity (Wildman–Crippen MR) is 105 cm³/mol.